The molecule has 0 saturated heterocycles. The largest absolute Gasteiger partial charge is 0.481 e. The molecule has 0 rings (SSSR count). The molecule has 0 fully saturated rings. The zero-order chi connectivity index (χ0) is 7.44. The Labute approximate surface area is 52.7 Å². The maximum Gasteiger partial charge on any atom is 0.306 e. The maximum atomic E-state index is 9.84. The van der Waals surface area contributed by atoms with Gasteiger partial charge in [0.2, 0.25) is 0 Å². The highest BCUT2D eigenvalue weighted by molar-refractivity contribution is 5.67. The van der Waals surface area contributed by atoms with E-state index in [0.717, 1.165) is 0 Å². The van der Waals surface area contributed by atoms with E-state index < -0.39 is 24.6 Å². The lowest BCUT2D eigenvalue weighted by Gasteiger charge is -2.09. The van der Waals surface area contributed by atoms with Crippen LogP contribution in [-0.4, -0.2) is 33.5 Å². The number of carboxylic acid groups (broad SMARTS) is 1. The first-order chi connectivity index (χ1) is 4.04. The first-order valence-corrected chi connectivity index (χ1v) is 2.62. The number of hydrogen-bond donors (Lipinski definition) is 3. The summed E-state index contributed by atoms with van der Waals surface area (Å²) in [5.41, 5.74) is 0. The van der Waals surface area contributed by atoms with Crippen LogP contribution in [0.4, 0.5) is 0 Å². The Morgan fingerprint density at radius 1 is 1.56 bits per heavy atom. The fourth-order valence-electron chi connectivity index (χ4n) is 0.349. The summed E-state index contributed by atoms with van der Waals surface area (Å²) < 4.78 is 0. The van der Waals surface area contributed by atoms with Gasteiger partial charge in [-0.05, 0) is 6.92 Å². The summed E-state index contributed by atoms with van der Waals surface area (Å²) >= 11 is 0. The molecule has 0 aliphatic heterocycles. The fraction of sp³-hybridized carbons (Fsp3) is 0.800. The minimum atomic E-state index is -1.15. The zero-order valence-corrected chi connectivity index (χ0v) is 5.11. The molecule has 0 spiro atoms. The number of aliphatic hydroxyl groups is 2. The van der Waals surface area contributed by atoms with Gasteiger partial charge in [0.1, 0.15) is 0 Å². The highest BCUT2D eigenvalue weighted by Crippen LogP contribution is 1.96. The minimum absolute atomic E-state index is 0.405. The van der Waals surface area contributed by atoms with Crippen LogP contribution in [0.15, 0.2) is 0 Å². The quantitative estimate of drug-likeness (QED) is 0.472. The Kier molecular flexibility index (Phi) is 3.19. The van der Waals surface area contributed by atoms with Gasteiger partial charge in [0, 0.05) is 0 Å². The van der Waals surface area contributed by atoms with Crippen LogP contribution < -0.4 is 0 Å². The molecule has 3 N–H and O–H groups in total. The topological polar surface area (TPSA) is 77.8 Å². The zero-order valence-electron chi connectivity index (χ0n) is 5.11. The molecule has 0 aliphatic carbocycles. The van der Waals surface area contributed by atoms with Crippen molar-refractivity contribution in [1.29, 1.82) is 0 Å². The second-order valence-corrected chi connectivity index (χ2v) is 1.91. The van der Waals surface area contributed by atoms with Gasteiger partial charge in [0.15, 0.2) is 0 Å². The van der Waals surface area contributed by atoms with Gasteiger partial charge in [0.05, 0.1) is 18.6 Å². The summed E-state index contributed by atoms with van der Waals surface area (Å²) in [6.45, 7) is 1.34. The lowest BCUT2D eigenvalue weighted by molar-refractivity contribution is -0.140. The Morgan fingerprint density at radius 2 is 2.00 bits per heavy atom. The average Bonchev–Trinajstić information content (AvgIpc) is 1.63. The highest BCUT2D eigenvalue weighted by Gasteiger charge is 2.13. The first-order valence-electron chi connectivity index (χ1n) is 2.62. The number of aliphatic carboxylic acids is 1. The first kappa shape index (κ1) is 8.39. The van der Waals surface area contributed by atoms with E-state index in [2.05, 4.69) is 0 Å². The summed E-state index contributed by atoms with van der Waals surface area (Å²) in [5.74, 6) is -1.11. The fourth-order valence-corrected chi connectivity index (χ4v) is 0.349. The van der Waals surface area contributed by atoms with Gasteiger partial charge in [-0.2, -0.15) is 0 Å². The minimum Gasteiger partial charge on any atom is -0.481 e. The van der Waals surface area contributed by atoms with E-state index >= 15 is 0 Å². The molecule has 4 heteroatoms. The number of carboxylic acids is 1. The van der Waals surface area contributed by atoms with Gasteiger partial charge >= 0.3 is 5.97 Å². The molecule has 0 heterocycles. The van der Waals surface area contributed by atoms with Crippen LogP contribution in [0.2, 0.25) is 0 Å². The van der Waals surface area contributed by atoms with E-state index in [-0.39, 0.29) is 0 Å². The Balaban J connectivity index is 3.50. The van der Waals surface area contributed by atoms with E-state index in [1.54, 1.807) is 0 Å². The number of rotatable bonds is 3. The van der Waals surface area contributed by atoms with Crippen molar-refractivity contribution in [2.24, 2.45) is 0 Å². The molecule has 0 radical (unpaired) electrons. The maximum absolute atomic E-state index is 9.84. The number of carbonyl (C=O) groups is 1. The van der Waals surface area contributed by atoms with Crippen molar-refractivity contribution in [3.05, 3.63) is 0 Å². The van der Waals surface area contributed by atoms with E-state index in [1.165, 1.54) is 6.92 Å². The lowest BCUT2D eigenvalue weighted by atomic mass is 10.2. The van der Waals surface area contributed by atoms with Crippen LogP contribution in [-0.2, 0) is 4.79 Å². The normalized spacial score (nSPS) is 16.8. The molecule has 2 atom stereocenters. The molecule has 9 heavy (non-hydrogen) atoms. The Bertz CT molecular complexity index is 99.1. The monoisotopic (exact) mass is 134 g/mol. The molecule has 0 aliphatic rings. The second kappa shape index (κ2) is 3.42. The molecule has 0 aromatic heterocycles. The number of hydrogen-bond acceptors (Lipinski definition) is 3. The second-order valence-electron chi connectivity index (χ2n) is 1.91. The molecule has 54 valence electrons. The van der Waals surface area contributed by atoms with Gasteiger partial charge in [0.25, 0.3) is 0 Å². The predicted molar refractivity (Wildman–Crippen MR) is 29.9 cm³/mol. The van der Waals surface area contributed by atoms with Crippen molar-refractivity contribution >= 4 is 5.97 Å². The smallest absolute Gasteiger partial charge is 0.306 e. The molecule has 0 aromatic rings. The molecular weight excluding hydrogens is 124 g/mol. The predicted octanol–water partition coefficient (Wildman–Crippen LogP) is -0.797. The molecule has 0 saturated carbocycles. The van der Waals surface area contributed by atoms with Gasteiger partial charge < -0.3 is 15.3 Å². The third kappa shape index (κ3) is 3.93. The Hall–Kier alpha value is -0.610. The van der Waals surface area contributed by atoms with E-state index in [4.69, 9.17) is 15.3 Å². The van der Waals surface area contributed by atoms with E-state index in [1.807, 2.05) is 0 Å². The van der Waals surface area contributed by atoms with E-state index in [0.29, 0.717) is 0 Å². The lowest BCUT2D eigenvalue weighted by Crippen LogP contribution is -2.25. The Morgan fingerprint density at radius 3 is 2.11 bits per heavy atom. The van der Waals surface area contributed by atoms with Gasteiger partial charge in [-0.1, -0.05) is 0 Å². The number of aliphatic hydroxyl groups excluding tert-OH is 2. The van der Waals surface area contributed by atoms with Gasteiger partial charge in [-0.15, -0.1) is 0 Å². The van der Waals surface area contributed by atoms with Crippen molar-refractivity contribution < 1.29 is 20.1 Å². The summed E-state index contributed by atoms with van der Waals surface area (Å²) in [7, 11) is 0. The SMILES string of the molecule is CC(O)[C@H](O)CC(=O)O. The van der Waals surface area contributed by atoms with Gasteiger partial charge in [-0.25, -0.2) is 0 Å². The summed E-state index contributed by atoms with van der Waals surface area (Å²) in [4.78, 5) is 9.84. The van der Waals surface area contributed by atoms with Crippen molar-refractivity contribution in [2.75, 3.05) is 0 Å². The van der Waals surface area contributed by atoms with Crippen LogP contribution in [0, 0.1) is 0 Å². The summed E-state index contributed by atoms with van der Waals surface area (Å²) in [6.07, 6.45) is -2.53. The molecule has 4 nitrogen and oxygen atoms in total. The summed E-state index contributed by atoms with van der Waals surface area (Å²) in [6, 6.07) is 0. The molecule has 1 unspecified atom stereocenters. The van der Waals surface area contributed by atoms with E-state index in [9.17, 15) is 4.79 Å². The molecule has 0 amide bonds. The van der Waals surface area contributed by atoms with Crippen LogP contribution in [0.25, 0.3) is 0 Å². The molecule has 0 aromatic carbocycles. The van der Waals surface area contributed by atoms with Crippen LogP contribution in [0.1, 0.15) is 13.3 Å². The molecular formula is C5H10O4. The highest BCUT2D eigenvalue weighted by atomic mass is 16.4. The van der Waals surface area contributed by atoms with Crippen molar-refractivity contribution in [2.45, 2.75) is 25.6 Å². The average molecular weight is 134 g/mol. The van der Waals surface area contributed by atoms with Crippen LogP contribution in [0.5, 0.6) is 0 Å². The van der Waals surface area contributed by atoms with Crippen molar-refractivity contribution in [1.82, 2.24) is 0 Å². The molecule has 0 bridgehead atoms. The standard InChI is InChI=1S/C5H10O4/c1-3(6)4(7)2-5(8)9/h3-4,6-7H,2H2,1H3,(H,8,9)/t3?,4-/m1/s1. The van der Waals surface area contributed by atoms with Crippen LogP contribution >= 0.6 is 0 Å². The summed E-state index contributed by atoms with van der Waals surface area (Å²) in [5, 5.41) is 25.3. The van der Waals surface area contributed by atoms with Crippen molar-refractivity contribution in [3.63, 3.8) is 0 Å². The van der Waals surface area contributed by atoms with Crippen molar-refractivity contribution in [3.8, 4) is 0 Å². The van der Waals surface area contributed by atoms with Gasteiger partial charge in [-0.3, -0.25) is 4.79 Å². The van der Waals surface area contributed by atoms with Crippen LogP contribution in [0.3, 0.4) is 0 Å². The third-order valence-electron chi connectivity index (χ3n) is 0.941. The third-order valence-corrected chi connectivity index (χ3v) is 0.941.